The van der Waals surface area contributed by atoms with Gasteiger partial charge in [0.05, 0.1) is 11.6 Å². The first kappa shape index (κ1) is 19.9. The maximum Gasteiger partial charge on any atom is 0.227 e. The summed E-state index contributed by atoms with van der Waals surface area (Å²) in [5.41, 5.74) is 4.02. The Labute approximate surface area is 176 Å². The van der Waals surface area contributed by atoms with Crippen LogP contribution in [0.4, 0.5) is 5.69 Å². The van der Waals surface area contributed by atoms with E-state index in [-0.39, 0.29) is 24.2 Å². The van der Waals surface area contributed by atoms with Gasteiger partial charge in [-0.25, -0.2) is 4.68 Å². The number of carbonyl (C=O) groups is 2. The molecule has 4 rings (SSSR count). The molecule has 1 fully saturated rings. The smallest absolute Gasteiger partial charge is 0.227 e. The van der Waals surface area contributed by atoms with Gasteiger partial charge in [-0.05, 0) is 47.4 Å². The third-order valence-electron chi connectivity index (χ3n) is 5.51. The summed E-state index contributed by atoms with van der Waals surface area (Å²) in [6, 6.07) is 17.8. The normalized spacial score (nSPS) is 16.3. The van der Waals surface area contributed by atoms with Crippen molar-refractivity contribution in [3.05, 3.63) is 78.1 Å². The molecule has 1 aliphatic rings. The Balaban J connectivity index is 1.37. The van der Waals surface area contributed by atoms with E-state index in [2.05, 4.69) is 24.3 Å². The fourth-order valence-corrected chi connectivity index (χ4v) is 3.74. The van der Waals surface area contributed by atoms with E-state index in [1.54, 1.807) is 15.8 Å². The van der Waals surface area contributed by atoms with E-state index in [1.165, 1.54) is 5.56 Å². The summed E-state index contributed by atoms with van der Waals surface area (Å²) in [7, 11) is 0. The Morgan fingerprint density at radius 1 is 1.13 bits per heavy atom. The zero-order valence-corrected chi connectivity index (χ0v) is 17.3. The SMILES string of the molecule is CC(C)c1ccc(N2CC(C(=O)NCc3cccc(-n4cccn4)c3)CC2=O)cc1. The minimum absolute atomic E-state index is 0.00636. The fourth-order valence-electron chi connectivity index (χ4n) is 3.74. The predicted octanol–water partition coefficient (Wildman–Crippen LogP) is 3.67. The van der Waals surface area contributed by atoms with Crippen molar-refractivity contribution >= 4 is 17.5 Å². The van der Waals surface area contributed by atoms with Gasteiger partial charge in [-0.2, -0.15) is 5.10 Å². The quantitative estimate of drug-likeness (QED) is 0.684. The largest absolute Gasteiger partial charge is 0.352 e. The van der Waals surface area contributed by atoms with Crippen LogP contribution in [0.5, 0.6) is 0 Å². The average Bonchev–Trinajstić information content (AvgIpc) is 3.42. The van der Waals surface area contributed by atoms with Crippen LogP contribution in [0.3, 0.4) is 0 Å². The summed E-state index contributed by atoms with van der Waals surface area (Å²) in [6.07, 6.45) is 3.85. The number of nitrogens with one attached hydrogen (secondary N) is 1. The van der Waals surface area contributed by atoms with Crippen LogP contribution in [0.2, 0.25) is 0 Å². The van der Waals surface area contributed by atoms with Crippen LogP contribution in [-0.2, 0) is 16.1 Å². The molecule has 30 heavy (non-hydrogen) atoms. The minimum Gasteiger partial charge on any atom is -0.352 e. The number of benzene rings is 2. The van der Waals surface area contributed by atoms with Crippen molar-refractivity contribution in [2.75, 3.05) is 11.4 Å². The standard InChI is InChI=1S/C24H26N4O2/c1-17(2)19-7-9-21(10-8-19)27-16-20(14-23(27)29)24(30)25-15-18-5-3-6-22(13-18)28-12-4-11-26-28/h3-13,17,20H,14-16H2,1-2H3,(H,25,30). The third kappa shape index (κ3) is 4.27. The zero-order valence-electron chi connectivity index (χ0n) is 17.3. The van der Waals surface area contributed by atoms with Crippen molar-refractivity contribution in [3.8, 4) is 5.69 Å². The minimum atomic E-state index is -0.337. The maximum absolute atomic E-state index is 12.7. The van der Waals surface area contributed by atoms with Gasteiger partial charge < -0.3 is 10.2 Å². The molecular weight excluding hydrogens is 376 g/mol. The lowest BCUT2D eigenvalue weighted by Gasteiger charge is -2.18. The molecule has 1 atom stereocenters. The van der Waals surface area contributed by atoms with E-state index < -0.39 is 0 Å². The highest BCUT2D eigenvalue weighted by Crippen LogP contribution is 2.27. The Morgan fingerprint density at radius 2 is 1.93 bits per heavy atom. The average molecular weight is 402 g/mol. The highest BCUT2D eigenvalue weighted by Gasteiger charge is 2.35. The molecule has 0 spiro atoms. The summed E-state index contributed by atoms with van der Waals surface area (Å²) in [5, 5.41) is 7.22. The van der Waals surface area contributed by atoms with Crippen LogP contribution in [0.15, 0.2) is 67.0 Å². The summed E-state index contributed by atoms with van der Waals surface area (Å²) >= 11 is 0. The van der Waals surface area contributed by atoms with E-state index in [0.717, 1.165) is 16.9 Å². The van der Waals surface area contributed by atoms with Gasteiger partial charge in [0.1, 0.15) is 0 Å². The van der Waals surface area contributed by atoms with Gasteiger partial charge in [-0.3, -0.25) is 9.59 Å². The van der Waals surface area contributed by atoms with Crippen LogP contribution in [-0.4, -0.2) is 28.1 Å². The topological polar surface area (TPSA) is 67.2 Å². The lowest BCUT2D eigenvalue weighted by Crippen LogP contribution is -2.32. The molecule has 6 heteroatoms. The fraction of sp³-hybridized carbons (Fsp3) is 0.292. The van der Waals surface area contributed by atoms with Crippen LogP contribution < -0.4 is 10.2 Å². The second-order valence-electron chi connectivity index (χ2n) is 7.99. The van der Waals surface area contributed by atoms with Gasteiger partial charge in [0.15, 0.2) is 0 Å². The third-order valence-corrected chi connectivity index (χ3v) is 5.51. The molecule has 2 heterocycles. The maximum atomic E-state index is 12.7. The van der Waals surface area contributed by atoms with E-state index in [9.17, 15) is 9.59 Å². The summed E-state index contributed by atoms with van der Waals surface area (Å²) in [4.78, 5) is 26.9. The highest BCUT2D eigenvalue weighted by molar-refractivity contribution is 6.00. The monoisotopic (exact) mass is 402 g/mol. The lowest BCUT2D eigenvalue weighted by atomic mass is 10.0. The molecule has 1 aromatic heterocycles. The summed E-state index contributed by atoms with van der Waals surface area (Å²) in [5.74, 6) is 0.0116. The molecule has 1 unspecified atom stereocenters. The van der Waals surface area contributed by atoms with Crippen LogP contribution in [0.25, 0.3) is 5.69 Å². The molecular formula is C24H26N4O2. The van der Waals surface area contributed by atoms with Crippen molar-refractivity contribution in [2.45, 2.75) is 32.7 Å². The molecule has 2 amide bonds. The number of rotatable bonds is 6. The molecule has 0 bridgehead atoms. The lowest BCUT2D eigenvalue weighted by molar-refractivity contribution is -0.126. The number of amides is 2. The Morgan fingerprint density at radius 3 is 2.63 bits per heavy atom. The van der Waals surface area contributed by atoms with Crippen LogP contribution >= 0.6 is 0 Å². The Kier molecular flexibility index (Phi) is 5.65. The Bertz CT molecular complexity index is 1030. The number of hydrogen-bond donors (Lipinski definition) is 1. The second-order valence-corrected chi connectivity index (χ2v) is 7.99. The number of nitrogens with zero attached hydrogens (tertiary/aromatic N) is 3. The molecule has 1 N–H and O–H groups in total. The molecule has 2 aromatic carbocycles. The molecule has 0 radical (unpaired) electrons. The molecule has 1 aliphatic heterocycles. The summed E-state index contributed by atoms with van der Waals surface area (Å²) < 4.78 is 1.78. The van der Waals surface area contributed by atoms with Gasteiger partial charge in [-0.1, -0.05) is 38.1 Å². The molecule has 6 nitrogen and oxygen atoms in total. The zero-order chi connectivity index (χ0) is 21.1. The first-order chi connectivity index (χ1) is 14.5. The number of aromatic nitrogens is 2. The predicted molar refractivity (Wildman–Crippen MR) is 116 cm³/mol. The van der Waals surface area contributed by atoms with Crippen LogP contribution in [0, 0.1) is 5.92 Å². The van der Waals surface area contributed by atoms with Crippen LogP contribution in [0.1, 0.15) is 37.3 Å². The number of anilines is 1. The van der Waals surface area contributed by atoms with Crippen molar-refractivity contribution in [2.24, 2.45) is 5.92 Å². The van der Waals surface area contributed by atoms with Gasteiger partial charge in [0.25, 0.3) is 0 Å². The first-order valence-corrected chi connectivity index (χ1v) is 10.3. The molecule has 3 aromatic rings. The number of carbonyl (C=O) groups excluding carboxylic acids is 2. The number of hydrogen-bond acceptors (Lipinski definition) is 3. The van der Waals surface area contributed by atoms with E-state index >= 15 is 0 Å². The second kappa shape index (κ2) is 8.53. The van der Waals surface area contributed by atoms with Crippen molar-refractivity contribution < 1.29 is 9.59 Å². The van der Waals surface area contributed by atoms with Gasteiger partial charge in [-0.15, -0.1) is 0 Å². The van der Waals surface area contributed by atoms with E-state index in [4.69, 9.17) is 0 Å². The van der Waals surface area contributed by atoms with Gasteiger partial charge in [0, 0.05) is 37.6 Å². The van der Waals surface area contributed by atoms with Gasteiger partial charge >= 0.3 is 0 Å². The first-order valence-electron chi connectivity index (χ1n) is 10.3. The Hall–Kier alpha value is -3.41. The molecule has 1 saturated heterocycles. The molecule has 0 saturated carbocycles. The van der Waals surface area contributed by atoms with E-state index in [1.807, 2.05) is 60.8 Å². The molecule has 0 aliphatic carbocycles. The van der Waals surface area contributed by atoms with Gasteiger partial charge in [0.2, 0.25) is 11.8 Å². The highest BCUT2D eigenvalue weighted by atomic mass is 16.2. The summed E-state index contributed by atoms with van der Waals surface area (Å²) in [6.45, 7) is 5.11. The molecule has 154 valence electrons. The van der Waals surface area contributed by atoms with Crippen molar-refractivity contribution in [1.82, 2.24) is 15.1 Å². The van der Waals surface area contributed by atoms with E-state index in [0.29, 0.717) is 19.0 Å². The van der Waals surface area contributed by atoms with Crippen molar-refractivity contribution in [1.29, 1.82) is 0 Å². The van der Waals surface area contributed by atoms with Crippen molar-refractivity contribution in [3.63, 3.8) is 0 Å².